The summed E-state index contributed by atoms with van der Waals surface area (Å²) in [6, 6.07) is 8.96. The summed E-state index contributed by atoms with van der Waals surface area (Å²) in [5.74, 6) is -0.645. The fraction of sp³-hybridized carbons (Fsp3) is 0.250. The number of carbonyl (C=O) groups is 2. The molecule has 112 valence electrons. The number of aromatic nitrogens is 2. The summed E-state index contributed by atoms with van der Waals surface area (Å²) >= 11 is 0. The van der Waals surface area contributed by atoms with Gasteiger partial charge >= 0.3 is 5.97 Å². The Morgan fingerprint density at radius 1 is 1.18 bits per heavy atom. The zero-order valence-corrected chi connectivity index (χ0v) is 11.8. The van der Waals surface area contributed by atoms with Crippen molar-refractivity contribution in [3.63, 3.8) is 0 Å². The highest BCUT2D eigenvalue weighted by Gasteiger charge is 2.28. The van der Waals surface area contributed by atoms with Crippen LogP contribution in [0.4, 0.5) is 0 Å². The predicted octanol–water partition coefficient (Wildman–Crippen LogP) is 1.91. The third-order valence-electron chi connectivity index (χ3n) is 3.50. The van der Waals surface area contributed by atoms with E-state index in [1.807, 2.05) is 0 Å². The van der Waals surface area contributed by atoms with Crippen molar-refractivity contribution in [2.24, 2.45) is 0 Å². The van der Waals surface area contributed by atoms with Crippen LogP contribution in [0.25, 0.3) is 0 Å². The third-order valence-corrected chi connectivity index (χ3v) is 3.50. The second-order valence-corrected chi connectivity index (χ2v) is 5.23. The van der Waals surface area contributed by atoms with Gasteiger partial charge in [0.1, 0.15) is 11.5 Å². The minimum Gasteiger partial charge on any atom is -0.479 e. The van der Waals surface area contributed by atoms with E-state index >= 15 is 0 Å². The van der Waals surface area contributed by atoms with Crippen LogP contribution >= 0.6 is 0 Å². The zero-order chi connectivity index (χ0) is 15.5. The lowest BCUT2D eigenvalue weighted by molar-refractivity contribution is -0.139. The number of amides is 1. The van der Waals surface area contributed by atoms with Gasteiger partial charge in [-0.25, -0.2) is 14.8 Å². The second-order valence-electron chi connectivity index (χ2n) is 5.23. The third kappa shape index (κ3) is 3.11. The average molecular weight is 297 g/mol. The van der Waals surface area contributed by atoms with Crippen molar-refractivity contribution in [2.75, 3.05) is 0 Å². The number of rotatable bonds is 5. The van der Waals surface area contributed by atoms with Crippen molar-refractivity contribution < 1.29 is 14.7 Å². The number of hydrogen-bond acceptors (Lipinski definition) is 4. The van der Waals surface area contributed by atoms with E-state index in [-0.39, 0.29) is 5.69 Å². The van der Waals surface area contributed by atoms with Gasteiger partial charge in [0.05, 0.1) is 0 Å². The van der Waals surface area contributed by atoms with Gasteiger partial charge in [-0.1, -0.05) is 30.3 Å². The van der Waals surface area contributed by atoms with E-state index in [0.29, 0.717) is 17.3 Å². The SMILES string of the molecule is O=C(N[C@@H](C(=O)O)c1ccccc1)c1ccnc(C2CC2)n1. The molecule has 22 heavy (non-hydrogen) atoms. The molecular formula is C16H15N3O3. The molecule has 1 amide bonds. The highest BCUT2D eigenvalue weighted by Crippen LogP contribution is 2.37. The number of carbonyl (C=O) groups excluding carboxylic acids is 1. The van der Waals surface area contributed by atoms with Crippen molar-refractivity contribution in [3.8, 4) is 0 Å². The number of nitrogens with one attached hydrogen (secondary N) is 1. The summed E-state index contributed by atoms with van der Waals surface area (Å²) in [5, 5.41) is 11.8. The van der Waals surface area contributed by atoms with Crippen LogP contribution in [0, 0.1) is 0 Å². The van der Waals surface area contributed by atoms with E-state index < -0.39 is 17.9 Å². The lowest BCUT2D eigenvalue weighted by Crippen LogP contribution is -2.34. The molecule has 1 atom stereocenters. The quantitative estimate of drug-likeness (QED) is 0.879. The standard InChI is InChI=1S/C16H15N3O3/c20-15(12-8-9-17-14(18-12)11-6-7-11)19-13(16(21)22)10-4-2-1-3-5-10/h1-5,8-9,11,13H,6-7H2,(H,19,20)(H,21,22)/t13-/m1/s1. The molecular weight excluding hydrogens is 282 g/mol. The zero-order valence-electron chi connectivity index (χ0n) is 11.8. The Labute approximate surface area is 127 Å². The van der Waals surface area contributed by atoms with Gasteiger partial charge in [0.15, 0.2) is 6.04 Å². The fourth-order valence-corrected chi connectivity index (χ4v) is 2.18. The molecule has 0 unspecified atom stereocenters. The van der Waals surface area contributed by atoms with Crippen molar-refractivity contribution in [1.82, 2.24) is 15.3 Å². The molecule has 0 aliphatic heterocycles. The lowest BCUT2D eigenvalue weighted by atomic mass is 10.1. The van der Waals surface area contributed by atoms with Gasteiger partial charge in [0.2, 0.25) is 0 Å². The molecule has 3 rings (SSSR count). The number of carboxylic acid groups (broad SMARTS) is 1. The van der Waals surface area contributed by atoms with Crippen molar-refractivity contribution in [2.45, 2.75) is 24.8 Å². The number of hydrogen-bond donors (Lipinski definition) is 2. The average Bonchev–Trinajstić information content (AvgIpc) is 3.38. The first-order chi connectivity index (χ1) is 10.6. The van der Waals surface area contributed by atoms with Crippen LogP contribution in [0.5, 0.6) is 0 Å². The summed E-state index contributed by atoms with van der Waals surface area (Å²) in [6.07, 6.45) is 3.60. The molecule has 2 aromatic rings. The van der Waals surface area contributed by atoms with Crippen LogP contribution in [-0.4, -0.2) is 27.0 Å². The summed E-state index contributed by atoms with van der Waals surface area (Å²) in [4.78, 5) is 32.0. The number of aliphatic carboxylic acids is 1. The van der Waals surface area contributed by atoms with E-state index in [2.05, 4.69) is 15.3 Å². The first-order valence-corrected chi connectivity index (χ1v) is 7.06. The van der Waals surface area contributed by atoms with Gasteiger partial charge in [-0.15, -0.1) is 0 Å². The minimum atomic E-state index is -1.11. The number of carboxylic acids is 1. The van der Waals surface area contributed by atoms with E-state index in [4.69, 9.17) is 0 Å². The Kier molecular flexibility index (Phi) is 3.82. The molecule has 1 aromatic heterocycles. The van der Waals surface area contributed by atoms with E-state index in [9.17, 15) is 14.7 Å². The van der Waals surface area contributed by atoms with Crippen molar-refractivity contribution >= 4 is 11.9 Å². The maximum Gasteiger partial charge on any atom is 0.330 e. The van der Waals surface area contributed by atoms with Gasteiger partial charge < -0.3 is 10.4 Å². The van der Waals surface area contributed by atoms with Gasteiger partial charge in [-0.05, 0) is 24.5 Å². The molecule has 0 bridgehead atoms. The summed E-state index contributed by atoms with van der Waals surface area (Å²) in [7, 11) is 0. The first kappa shape index (κ1) is 14.2. The Balaban J connectivity index is 1.79. The number of nitrogens with zero attached hydrogens (tertiary/aromatic N) is 2. The molecule has 0 saturated heterocycles. The van der Waals surface area contributed by atoms with E-state index in [1.165, 1.54) is 12.3 Å². The van der Waals surface area contributed by atoms with Gasteiger partial charge in [0.25, 0.3) is 5.91 Å². The van der Waals surface area contributed by atoms with E-state index in [0.717, 1.165) is 12.8 Å². The fourth-order valence-electron chi connectivity index (χ4n) is 2.18. The van der Waals surface area contributed by atoms with Crippen LogP contribution in [0.15, 0.2) is 42.6 Å². The van der Waals surface area contributed by atoms with Gasteiger partial charge in [-0.3, -0.25) is 4.79 Å². The molecule has 1 aromatic carbocycles. The van der Waals surface area contributed by atoms with Crippen molar-refractivity contribution in [3.05, 3.63) is 59.7 Å². The Morgan fingerprint density at radius 2 is 1.91 bits per heavy atom. The van der Waals surface area contributed by atoms with Crippen LogP contribution in [-0.2, 0) is 4.79 Å². The van der Waals surface area contributed by atoms with Crippen LogP contribution in [0.2, 0.25) is 0 Å². The molecule has 0 radical (unpaired) electrons. The topological polar surface area (TPSA) is 92.2 Å². The minimum absolute atomic E-state index is 0.194. The molecule has 6 nitrogen and oxygen atoms in total. The molecule has 2 N–H and O–H groups in total. The first-order valence-electron chi connectivity index (χ1n) is 7.06. The summed E-state index contributed by atoms with van der Waals surface area (Å²) in [6.45, 7) is 0. The molecule has 6 heteroatoms. The molecule has 0 spiro atoms. The molecule has 1 heterocycles. The van der Waals surface area contributed by atoms with Gasteiger partial charge in [-0.2, -0.15) is 0 Å². The molecule has 1 saturated carbocycles. The second kappa shape index (κ2) is 5.93. The number of benzene rings is 1. The smallest absolute Gasteiger partial charge is 0.330 e. The Hall–Kier alpha value is -2.76. The Morgan fingerprint density at radius 3 is 2.55 bits per heavy atom. The van der Waals surface area contributed by atoms with Crippen LogP contribution in [0.1, 0.15) is 46.7 Å². The molecule has 1 fully saturated rings. The maximum atomic E-state index is 12.3. The highest BCUT2D eigenvalue weighted by molar-refractivity contribution is 5.95. The van der Waals surface area contributed by atoms with Crippen molar-refractivity contribution in [1.29, 1.82) is 0 Å². The van der Waals surface area contributed by atoms with Crippen LogP contribution < -0.4 is 5.32 Å². The van der Waals surface area contributed by atoms with Crippen LogP contribution in [0.3, 0.4) is 0 Å². The molecule has 1 aliphatic rings. The lowest BCUT2D eigenvalue weighted by Gasteiger charge is -2.14. The maximum absolute atomic E-state index is 12.3. The summed E-state index contributed by atoms with van der Waals surface area (Å²) in [5.41, 5.74) is 0.707. The highest BCUT2D eigenvalue weighted by atomic mass is 16.4. The summed E-state index contributed by atoms with van der Waals surface area (Å²) < 4.78 is 0. The molecule has 1 aliphatic carbocycles. The normalized spacial score (nSPS) is 15.1. The largest absolute Gasteiger partial charge is 0.479 e. The Bertz CT molecular complexity index is 699. The van der Waals surface area contributed by atoms with Gasteiger partial charge in [0, 0.05) is 12.1 Å². The predicted molar refractivity (Wildman–Crippen MR) is 78.3 cm³/mol. The monoisotopic (exact) mass is 297 g/mol. The van der Waals surface area contributed by atoms with E-state index in [1.54, 1.807) is 30.3 Å².